The Balaban J connectivity index is 2.47. The third-order valence-corrected chi connectivity index (χ3v) is 3.77. The monoisotopic (exact) mass is 267 g/mol. The molecule has 0 aromatic heterocycles. The predicted molar refractivity (Wildman–Crippen MR) is 66.4 cm³/mol. The quantitative estimate of drug-likeness (QED) is 0.822. The van der Waals surface area contributed by atoms with Crippen molar-refractivity contribution in [2.75, 3.05) is 39.3 Å². The Bertz CT molecular complexity index is 249. The molecule has 1 saturated heterocycles. The van der Waals surface area contributed by atoms with Crippen LogP contribution in [0.15, 0.2) is 0 Å². The lowest BCUT2D eigenvalue weighted by molar-refractivity contribution is -0.150. The molecule has 0 saturated carbocycles. The lowest BCUT2D eigenvalue weighted by atomic mass is 9.93. The van der Waals surface area contributed by atoms with Gasteiger partial charge in [0.25, 0.3) is 0 Å². The fraction of sp³-hybridized carbons (Fsp3) is 1.00. The third kappa shape index (κ3) is 4.40. The van der Waals surface area contributed by atoms with Gasteiger partial charge in [-0.05, 0) is 13.3 Å². The van der Waals surface area contributed by atoms with Crippen LogP contribution in [0.25, 0.3) is 0 Å². The van der Waals surface area contributed by atoms with Crippen LogP contribution in [0.5, 0.6) is 0 Å². The van der Waals surface area contributed by atoms with Crippen molar-refractivity contribution in [3.63, 3.8) is 0 Å². The minimum atomic E-state index is -4.09. The van der Waals surface area contributed by atoms with E-state index in [0.29, 0.717) is 32.7 Å². The van der Waals surface area contributed by atoms with E-state index in [-0.39, 0.29) is 5.54 Å². The molecule has 1 heterocycles. The first-order valence-electron chi connectivity index (χ1n) is 6.55. The molecule has 0 radical (unpaired) electrons. The molecule has 1 aliphatic heterocycles. The average molecular weight is 267 g/mol. The number of nitrogens with zero attached hydrogens (tertiary/aromatic N) is 2. The highest BCUT2D eigenvalue weighted by Gasteiger charge is 2.36. The standard InChI is InChI=1S/C12H24F3N3/c1-3-4-11(2,9-16)18-7-5-17(6-8-18)10-12(13,14)15/h3-10,16H2,1-2H3. The van der Waals surface area contributed by atoms with Crippen LogP contribution in [0, 0.1) is 0 Å². The molecule has 1 unspecified atom stereocenters. The van der Waals surface area contributed by atoms with Crippen molar-refractivity contribution >= 4 is 0 Å². The summed E-state index contributed by atoms with van der Waals surface area (Å²) in [6, 6.07) is 0. The molecule has 1 rings (SSSR count). The number of piperazine rings is 1. The third-order valence-electron chi connectivity index (χ3n) is 3.77. The van der Waals surface area contributed by atoms with Gasteiger partial charge in [0.1, 0.15) is 0 Å². The van der Waals surface area contributed by atoms with E-state index < -0.39 is 12.7 Å². The Morgan fingerprint density at radius 3 is 2.06 bits per heavy atom. The molecule has 1 fully saturated rings. The minimum absolute atomic E-state index is 0.0704. The fourth-order valence-electron chi connectivity index (χ4n) is 2.63. The maximum atomic E-state index is 12.3. The number of hydrogen-bond donors (Lipinski definition) is 1. The smallest absolute Gasteiger partial charge is 0.329 e. The summed E-state index contributed by atoms with van der Waals surface area (Å²) in [5, 5.41) is 0. The van der Waals surface area contributed by atoms with Crippen molar-refractivity contribution < 1.29 is 13.2 Å². The molecule has 1 atom stereocenters. The SMILES string of the molecule is CCCC(C)(CN)N1CCN(CC(F)(F)F)CC1. The Morgan fingerprint density at radius 1 is 1.11 bits per heavy atom. The largest absolute Gasteiger partial charge is 0.401 e. The molecule has 108 valence electrons. The van der Waals surface area contributed by atoms with E-state index in [4.69, 9.17) is 5.73 Å². The summed E-state index contributed by atoms with van der Waals surface area (Å²) >= 11 is 0. The summed E-state index contributed by atoms with van der Waals surface area (Å²) in [5.74, 6) is 0. The van der Waals surface area contributed by atoms with E-state index in [1.54, 1.807) is 0 Å². The van der Waals surface area contributed by atoms with Gasteiger partial charge >= 0.3 is 6.18 Å². The second-order valence-electron chi connectivity index (χ2n) is 5.33. The number of alkyl halides is 3. The molecule has 1 aliphatic rings. The number of halogens is 3. The second kappa shape index (κ2) is 6.21. The average Bonchev–Trinajstić information content (AvgIpc) is 2.28. The van der Waals surface area contributed by atoms with Gasteiger partial charge in [0.05, 0.1) is 6.54 Å². The molecular formula is C12H24F3N3. The van der Waals surface area contributed by atoms with E-state index in [0.717, 1.165) is 12.8 Å². The molecule has 0 aliphatic carbocycles. The zero-order valence-corrected chi connectivity index (χ0v) is 11.3. The van der Waals surface area contributed by atoms with Crippen molar-refractivity contribution in [2.24, 2.45) is 5.73 Å². The number of nitrogens with two attached hydrogens (primary N) is 1. The summed E-state index contributed by atoms with van der Waals surface area (Å²) in [6.45, 7) is 6.25. The zero-order chi connectivity index (χ0) is 13.8. The zero-order valence-electron chi connectivity index (χ0n) is 11.3. The van der Waals surface area contributed by atoms with Crippen molar-refractivity contribution in [1.29, 1.82) is 0 Å². The number of rotatable bonds is 5. The molecule has 0 spiro atoms. The summed E-state index contributed by atoms with van der Waals surface area (Å²) in [4.78, 5) is 3.71. The van der Waals surface area contributed by atoms with E-state index in [2.05, 4.69) is 18.7 Å². The molecule has 6 heteroatoms. The van der Waals surface area contributed by atoms with Gasteiger partial charge in [0.2, 0.25) is 0 Å². The molecule has 0 bridgehead atoms. The molecule has 0 aromatic carbocycles. The highest BCUT2D eigenvalue weighted by Crippen LogP contribution is 2.23. The Labute approximate surface area is 107 Å². The van der Waals surface area contributed by atoms with Crippen LogP contribution in [0.4, 0.5) is 13.2 Å². The summed E-state index contributed by atoms with van der Waals surface area (Å²) < 4.78 is 36.8. The lowest BCUT2D eigenvalue weighted by Crippen LogP contribution is -2.59. The molecule has 0 aromatic rings. The topological polar surface area (TPSA) is 32.5 Å². The van der Waals surface area contributed by atoms with E-state index >= 15 is 0 Å². The molecule has 2 N–H and O–H groups in total. The van der Waals surface area contributed by atoms with Gasteiger partial charge < -0.3 is 5.73 Å². The fourth-order valence-corrected chi connectivity index (χ4v) is 2.63. The van der Waals surface area contributed by atoms with Crippen molar-refractivity contribution in [2.45, 2.75) is 38.4 Å². The maximum absolute atomic E-state index is 12.3. The van der Waals surface area contributed by atoms with E-state index in [1.165, 1.54) is 4.90 Å². The minimum Gasteiger partial charge on any atom is -0.329 e. The van der Waals surface area contributed by atoms with Crippen LogP contribution in [0.3, 0.4) is 0 Å². The van der Waals surface area contributed by atoms with Gasteiger partial charge in [-0.1, -0.05) is 13.3 Å². The second-order valence-corrected chi connectivity index (χ2v) is 5.33. The Hall–Kier alpha value is -0.330. The highest BCUT2D eigenvalue weighted by atomic mass is 19.4. The van der Waals surface area contributed by atoms with Crippen LogP contribution in [-0.4, -0.2) is 60.8 Å². The van der Waals surface area contributed by atoms with E-state index in [9.17, 15) is 13.2 Å². The van der Waals surface area contributed by atoms with Gasteiger partial charge in [-0.25, -0.2) is 0 Å². The van der Waals surface area contributed by atoms with Crippen LogP contribution in [0.1, 0.15) is 26.7 Å². The van der Waals surface area contributed by atoms with Crippen LogP contribution < -0.4 is 5.73 Å². The first kappa shape index (κ1) is 15.7. The van der Waals surface area contributed by atoms with Gasteiger partial charge in [-0.15, -0.1) is 0 Å². The molecular weight excluding hydrogens is 243 g/mol. The van der Waals surface area contributed by atoms with Crippen molar-refractivity contribution in [1.82, 2.24) is 9.80 Å². The summed E-state index contributed by atoms with van der Waals surface area (Å²) in [7, 11) is 0. The van der Waals surface area contributed by atoms with Gasteiger partial charge in [-0.3, -0.25) is 9.80 Å². The van der Waals surface area contributed by atoms with Crippen LogP contribution in [0.2, 0.25) is 0 Å². The van der Waals surface area contributed by atoms with Crippen molar-refractivity contribution in [3.8, 4) is 0 Å². The normalized spacial score (nSPS) is 23.0. The molecule has 3 nitrogen and oxygen atoms in total. The highest BCUT2D eigenvalue weighted by molar-refractivity contribution is 4.90. The first-order chi connectivity index (χ1) is 8.30. The van der Waals surface area contributed by atoms with Crippen LogP contribution in [-0.2, 0) is 0 Å². The predicted octanol–water partition coefficient (Wildman–Crippen LogP) is 1.68. The molecule has 0 amide bonds. The Kier molecular flexibility index (Phi) is 5.43. The van der Waals surface area contributed by atoms with Gasteiger partial charge in [0.15, 0.2) is 0 Å². The van der Waals surface area contributed by atoms with Crippen molar-refractivity contribution in [3.05, 3.63) is 0 Å². The maximum Gasteiger partial charge on any atom is 0.401 e. The molecule has 18 heavy (non-hydrogen) atoms. The summed E-state index contributed by atoms with van der Waals surface area (Å²) in [6.07, 6.45) is -2.07. The first-order valence-corrected chi connectivity index (χ1v) is 6.55. The Morgan fingerprint density at radius 2 is 1.67 bits per heavy atom. The van der Waals surface area contributed by atoms with Gasteiger partial charge in [-0.2, -0.15) is 13.2 Å². The lowest BCUT2D eigenvalue weighted by Gasteiger charge is -2.45. The summed E-state index contributed by atoms with van der Waals surface area (Å²) in [5.41, 5.74) is 5.75. The van der Waals surface area contributed by atoms with E-state index in [1.807, 2.05) is 0 Å². The number of hydrogen-bond acceptors (Lipinski definition) is 3. The van der Waals surface area contributed by atoms with Gasteiger partial charge in [0, 0.05) is 38.3 Å². The van der Waals surface area contributed by atoms with Crippen LogP contribution >= 0.6 is 0 Å².